The van der Waals surface area contributed by atoms with Gasteiger partial charge in [0.05, 0.1) is 17.1 Å². The number of carbonyl (C=O) groups excluding carboxylic acids is 1. The predicted octanol–water partition coefficient (Wildman–Crippen LogP) is 3.13. The Labute approximate surface area is 159 Å². The van der Waals surface area contributed by atoms with Crippen LogP contribution in [-0.2, 0) is 6.54 Å². The smallest absolute Gasteiger partial charge is 0.252 e. The lowest BCUT2D eigenvalue weighted by molar-refractivity contribution is 0.0954. The summed E-state index contributed by atoms with van der Waals surface area (Å²) in [5.41, 5.74) is 2.89. The van der Waals surface area contributed by atoms with Gasteiger partial charge < -0.3 is 16.0 Å². The molecule has 2 aromatic carbocycles. The van der Waals surface area contributed by atoms with E-state index in [0.717, 1.165) is 12.5 Å². The zero-order valence-electron chi connectivity index (χ0n) is 15.2. The van der Waals surface area contributed by atoms with Gasteiger partial charge in [-0.15, -0.1) is 0 Å². The molecule has 0 radical (unpaired) electrons. The molecule has 0 saturated heterocycles. The monoisotopic (exact) mass is 372 g/mol. The highest BCUT2D eigenvalue weighted by molar-refractivity contribution is 6.33. The molecule has 0 atom stereocenters. The normalized spacial score (nSPS) is 11.1. The van der Waals surface area contributed by atoms with Gasteiger partial charge in [0, 0.05) is 19.6 Å². The molecule has 0 aliphatic heterocycles. The highest BCUT2D eigenvalue weighted by Gasteiger charge is 2.08. The van der Waals surface area contributed by atoms with Gasteiger partial charge in [-0.1, -0.05) is 48.0 Å². The van der Waals surface area contributed by atoms with Crippen molar-refractivity contribution in [3.05, 3.63) is 70.2 Å². The molecule has 0 fully saturated rings. The number of hydrogen-bond acceptors (Lipinski definition) is 2. The van der Waals surface area contributed by atoms with E-state index in [0.29, 0.717) is 30.2 Å². The molecule has 0 spiro atoms. The second kappa shape index (κ2) is 10.5. The van der Waals surface area contributed by atoms with E-state index >= 15 is 0 Å². The fourth-order valence-electron chi connectivity index (χ4n) is 2.39. The number of guanidine groups is 1. The van der Waals surface area contributed by atoms with Crippen LogP contribution < -0.4 is 16.0 Å². The van der Waals surface area contributed by atoms with Gasteiger partial charge in [-0.3, -0.25) is 4.79 Å². The molecule has 0 aromatic heterocycles. The lowest BCUT2D eigenvalue weighted by Crippen LogP contribution is -2.41. The average molecular weight is 373 g/mol. The summed E-state index contributed by atoms with van der Waals surface area (Å²) >= 11 is 6.03. The number of aliphatic imine (C=N–C) groups is 1. The molecular formula is C20H25ClN4O. The third-order valence-corrected chi connectivity index (χ3v) is 4.16. The molecule has 26 heavy (non-hydrogen) atoms. The van der Waals surface area contributed by atoms with E-state index < -0.39 is 0 Å². The molecule has 0 aliphatic rings. The number of halogens is 1. The number of carbonyl (C=O) groups is 1. The molecule has 0 aliphatic carbocycles. The molecule has 1 amide bonds. The van der Waals surface area contributed by atoms with Crippen molar-refractivity contribution in [3.8, 4) is 0 Å². The highest BCUT2D eigenvalue weighted by atomic mass is 35.5. The highest BCUT2D eigenvalue weighted by Crippen LogP contribution is 2.14. The largest absolute Gasteiger partial charge is 0.357 e. The Morgan fingerprint density at radius 2 is 1.69 bits per heavy atom. The van der Waals surface area contributed by atoms with Gasteiger partial charge >= 0.3 is 0 Å². The minimum absolute atomic E-state index is 0.181. The maximum absolute atomic E-state index is 12.1. The second-order valence-corrected chi connectivity index (χ2v) is 6.19. The topological polar surface area (TPSA) is 65.5 Å². The molecule has 5 nitrogen and oxygen atoms in total. The average Bonchev–Trinajstić information content (AvgIpc) is 2.64. The first-order chi connectivity index (χ1) is 12.6. The summed E-state index contributed by atoms with van der Waals surface area (Å²) in [4.78, 5) is 16.7. The van der Waals surface area contributed by atoms with Gasteiger partial charge in [0.25, 0.3) is 5.91 Å². The van der Waals surface area contributed by atoms with Crippen molar-refractivity contribution in [2.45, 2.75) is 20.4 Å². The van der Waals surface area contributed by atoms with Crippen molar-refractivity contribution < 1.29 is 4.79 Å². The van der Waals surface area contributed by atoms with Gasteiger partial charge in [0.2, 0.25) is 0 Å². The van der Waals surface area contributed by atoms with Gasteiger partial charge in [-0.25, -0.2) is 4.99 Å². The van der Waals surface area contributed by atoms with Gasteiger partial charge in [0.1, 0.15) is 0 Å². The minimum atomic E-state index is -0.181. The van der Waals surface area contributed by atoms with Crippen LogP contribution in [0.25, 0.3) is 0 Å². The Bertz CT molecular complexity index is 761. The van der Waals surface area contributed by atoms with Gasteiger partial charge in [0.15, 0.2) is 5.96 Å². The van der Waals surface area contributed by atoms with Crippen LogP contribution in [0.5, 0.6) is 0 Å². The number of nitrogens with one attached hydrogen (secondary N) is 3. The van der Waals surface area contributed by atoms with E-state index in [2.05, 4.69) is 40.0 Å². The van der Waals surface area contributed by atoms with Crippen LogP contribution in [-0.4, -0.2) is 31.5 Å². The SMILES string of the molecule is CCNC(=NCc1ccccc1C)NCCNC(=O)c1ccccc1Cl. The Balaban J connectivity index is 1.83. The first kappa shape index (κ1) is 19.8. The van der Waals surface area contributed by atoms with Crippen LogP contribution in [0.1, 0.15) is 28.4 Å². The fourth-order valence-corrected chi connectivity index (χ4v) is 2.61. The lowest BCUT2D eigenvalue weighted by atomic mass is 10.1. The Morgan fingerprint density at radius 3 is 2.42 bits per heavy atom. The zero-order chi connectivity index (χ0) is 18.8. The van der Waals surface area contributed by atoms with Crippen molar-refractivity contribution in [3.63, 3.8) is 0 Å². The number of aryl methyl sites for hydroxylation is 1. The summed E-state index contributed by atoms with van der Waals surface area (Å²) in [6.07, 6.45) is 0. The van der Waals surface area contributed by atoms with Gasteiger partial charge in [-0.2, -0.15) is 0 Å². The molecule has 2 rings (SSSR count). The maximum atomic E-state index is 12.1. The van der Waals surface area contributed by atoms with Crippen LogP contribution in [0.2, 0.25) is 5.02 Å². The number of amides is 1. The van der Waals surface area contributed by atoms with Crippen LogP contribution in [0.3, 0.4) is 0 Å². The first-order valence-corrected chi connectivity index (χ1v) is 9.09. The van der Waals surface area contributed by atoms with E-state index in [-0.39, 0.29) is 5.91 Å². The number of nitrogens with zero attached hydrogens (tertiary/aromatic N) is 1. The van der Waals surface area contributed by atoms with Crippen molar-refractivity contribution in [1.29, 1.82) is 0 Å². The van der Waals surface area contributed by atoms with Gasteiger partial charge in [-0.05, 0) is 37.1 Å². The van der Waals surface area contributed by atoms with E-state index in [1.54, 1.807) is 24.3 Å². The molecule has 138 valence electrons. The van der Waals surface area contributed by atoms with Crippen LogP contribution in [0.15, 0.2) is 53.5 Å². The van der Waals surface area contributed by atoms with E-state index in [4.69, 9.17) is 11.6 Å². The molecule has 2 aromatic rings. The number of benzene rings is 2. The van der Waals surface area contributed by atoms with Crippen LogP contribution in [0.4, 0.5) is 0 Å². The Hall–Kier alpha value is -2.53. The second-order valence-electron chi connectivity index (χ2n) is 5.78. The zero-order valence-corrected chi connectivity index (χ0v) is 15.9. The maximum Gasteiger partial charge on any atom is 0.252 e. The molecule has 0 bridgehead atoms. The molecular weight excluding hydrogens is 348 g/mol. The summed E-state index contributed by atoms with van der Waals surface area (Å²) < 4.78 is 0. The summed E-state index contributed by atoms with van der Waals surface area (Å²) in [5.74, 6) is 0.544. The van der Waals surface area contributed by atoms with E-state index in [1.807, 2.05) is 19.1 Å². The van der Waals surface area contributed by atoms with Crippen LogP contribution in [0, 0.1) is 6.92 Å². The molecule has 0 saturated carbocycles. The summed E-state index contributed by atoms with van der Waals surface area (Å²) in [6.45, 7) is 6.51. The molecule has 0 unspecified atom stereocenters. The van der Waals surface area contributed by atoms with E-state index in [1.165, 1.54) is 11.1 Å². The third-order valence-electron chi connectivity index (χ3n) is 3.83. The van der Waals surface area contributed by atoms with Crippen molar-refractivity contribution in [2.75, 3.05) is 19.6 Å². The first-order valence-electron chi connectivity index (χ1n) is 8.71. The Morgan fingerprint density at radius 1 is 1.00 bits per heavy atom. The molecule has 3 N–H and O–H groups in total. The quantitative estimate of drug-likeness (QED) is 0.397. The summed E-state index contributed by atoms with van der Waals surface area (Å²) in [7, 11) is 0. The summed E-state index contributed by atoms with van der Waals surface area (Å²) in [6, 6.07) is 15.2. The van der Waals surface area contributed by atoms with Crippen molar-refractivity contribution >= 4 is 23.5 Å². The van der Waals surface area contributed by atoms with Crippen LogP contribution >= 0.6 is 11.6 Å². The number of rotatable bonds is 7. The standard InChI is InChI=1S/C20H25ClN4O/c1-3-22-20(25-14-16-9-5-4-8-15(16)2)24-13-12-23-19(26)17-10-6-7-11-18(17)21/h4-11H,3,12-14H2,1-2H3,(H,23,26)(H2,22,24,25). The molecule has 6 heteroatoms. The minimum Gasteiger partial charge on any atom is -0.357 e. The number of hydrogen-bond donors (Lipinski definition) is 3. The predicted molar refractivity (Wildman–Crippen MR) is 108 cm³/mol. The molecule has 0 heterocycles. The Kier molecular flexibility index (Phi) is 7.96. The van der Waals surface area contributed by atoms with Crippen molar-refractivity contribution in [2.24, 2.45) is 4.99 Å². The fraction of sp³-hybridized carbons (Fsp3) is 0.300. The third kappa shape index (κ3) is 6.08. The van der Waals surface area contributed by atoms with E-state index in [9.17, 15) is 4.79 Å². The summed E-state index contributed by atoms with van der Waals surface area (Å²) in [5, 5.41) is 9.73. The lowest BCUT2D eigenvalue weighted by Gasteiger charge is -2.12. The van der Waals surface area contributed by atoms with Crippen molar-refractivity contribution in [1.82, 2.24) is 16.0 Å².